The maximum absolute atomic E-state index is 13.4. The zero-order valence-electron chi connectivity index (χ0n) is 16.1. The largest absolute Gasteiger partial charge is 0.322 e. The van der Waals surface area contributed by atoms with Gasteiger partial charge in [0.25, 0.3) is 5.69 Å². The molecule has 0 bridgehead atoms. The number of fused-ring (bicyclic) bond motifs is 3. The van der Waals surface area contributed by atoms with E-state index in [0.717, 1.165) is 29.2 Å². The average molecular weight is 406 g/mol. The van der Waals surface area contributed by atoms with Gasteiger partial charge in [-0.1, -0.05) is 36.4 Å². The Labute approximate surface area is 172 Å². The zero-order valence-corrected chi connectivity index (χ0v) is 16.1. The van der Waals surface area contributed by atoms with Gasteiger partial charge in [-0.25, -0.2) is 4.90 Å². The van der Waals surface area contributed by atoms with E-state index in [9.17, 15) is 24.5 Å². The first-order chi connectivity index (χ1) is 14.5. The van der Waals surface area contributed by atoms with Crippen molar-refractivity contribution in [1.82, 2.24) is 0 Å². The molecule has 2 aromatic rings. The number of ketones is 1. The number of hydrogen-bond donors (Lipinski definition) is 1. The first kappa shape index (κ1) is 18.6. The number of nitrogens with one attached hydrogen (secondary N) is 1. The summed E-state index contributed by atoms with van der Waals surface area (Å²) in [6.45, 7) is 0.762. The molecule has 1 N–H and O–H groups in total. The van der Waals surface area contributed by atoms with Crippen LogP contribution in [-0.2, 0) is 9.59 Å². The number of carbonyl (C=O) groups excluding carboxylic acids is 3. The molecule has 152 valence electrons. The number of carbonyl (C=O) groups is 3. The molecule has 0 radical (unpaired) electrons. The summed E-state index contributed by atoms with van der Waals surface area (Å²) in [6, 6.07) is 13.7. The maximum atomic E-state index is 13.4. The van der Waals surface area contributed by atoms with Gasteiger partial charge in [0.2, 0.25) is 17.6 Å². The van der Waals surface area contributed by atoms with Crippen LogP contribution in [0.2, 0.25) is 0 Å². The summed E-state index contributed by atoms with van der Waals surface area (Å²) in [5.41, 5.74) is 0.546. The first-order valence-electron chi connectivity index (χ1n) is 10.1. The molecule has 30 heavy (non-hydrogen) atoms. The van der Waals surface area contributed by atoms with Crippen molar-refractivity contribution in [3.05, 3.63) is 70.3 Å². The van der Waals surface area contributed by atoms with Crippen LogP contribution in [0.25, 0.3) is 0 Å². The van der Waals surface area contributed by atoms with Crippen LogP contribution >= 0.6 is 0 Å². The van der Waals surface area contributed by atoms with E-state index in [1.54, 1.807) is 24.3 Å². The highest BCUT2D eigenvalue weighted by atomic mass is 16.6. The van der Waals surface area contributed by atoms with Gasteiger partial charge in [0.15, 0.2) is 6.04 Å². The molecule has 1 unspecified atom stereocenters. The van der Waals surface area contributed by atoms with E-state index in [0.29, 0.717) is 5.56 Å². The quantitative estimate of drug-likeness (QED) is 0.353. The Morgan fingerprint density at radius 2 is 1.77 bits per heavy atom. The van der Waals surface area contributed by atoms with Gasteiger partial charge in [0.1, 0.15) is 17.9 Å². The van der Waals surface area contributed by atoms with Crippen LogP contribution in [0.4, 0.5) is 11.4 Å². The highest BCUT2D eigenvalue weighted by molar-refractivity contribution is 6.24. The van der Waals surface area contributed by atoms with Gasteiger partial charge in [-0.05, 0) is 6.07 Å². The van der Waals surface area contributed by atoms with E-state index < -0.39 is 28.7 Å². The molecule has 3 aliphatic heterocycles. The van der Waals surface area contributed by atoms with Crippen LogP contribution in [0.3, 0.4) is 0 Å². The molecule has 8 nitrogen and oxygen atoms in total. The van der Waals surface area contributed by atoms with Crippen molar-refractivity contribution in [2.75, 3.05) is 11.4 Å². The van der Waals surface area contributed by atoms with Crippen molar-refractivity contribution >= 4 is 29.0 Å². The van der Waals surface area contributed by atoms with Crippen molar-refractivity contribution < 1.29 is 24.2 Å². The second kappa shape index (κ2) is 6.84. The smallest absolute Gasteiger partial charge is 0.271 e. The first-order valence-corrected chi connectivity index (χ1v) is 10.1. The molecule has 3 heterocycles. The van der Waals surface area contributed by atoms with E-state index in [1.807, 2.05) is 6.07 Å². The van der Waals surface area contributed by atoms with Crippen molar-refractivity contribution in [3.8, 4) is 0 Å². The van der Waals surface area contributed by atoms with Crippen molar-refractivity contribution in [2.24, 2.45) is 11.8 Å². The minimum atomic E-state index is -0.732. The molecular weight excluding hydrogens is 386 g/mol. The molecule has 5 atom stereocenters. The minimum absolute atomic E-state index is 0.0761. The molecule has 0 spiro atoms. The van der Waals surface area contributed by atoms with Crippen LogP contribution in [-0.4, -0.2) is 41.1 Å². The van der Waals surface area contributed by atoms with Gasteiger partial charge in [0.05, 0.1) is 17.2 Å². The fraction of sp³-hybridized carbons (Fsp3) is 0.318. The van der Waals surface area contributed by atoms with Crippen molar-refractivity contribution in [2.45, 2.75) is 24.9 Å². The monoisotopic (exact) mass is 406 g/mol. The molecule has 0 saturated carbocycles. The molecule has 0 aromatic heterocycles. The Morgan fingerprint density at radius 1 is 1.03 bits per heavy atom. The number of nitro groups is 1. The summed E-state index contributed by atoms with van der Waals surface area (Å²) in [7, 11) is 0. The summed E-state index contributed by atoms with van der Waals surface area (Å²) in [5, 5.41) is 11.1. The molecule has 3 aliphatic rings. The Hall–Kier alpha value is -3.39. The van der Waals surface area contributed by atoms with Gasteiger partial charge in [-0.3, -0.25) is 24.5 Å². The zero-order chi connectivity index (χ0) is 21.0. The highest BCUT2D eigenvalue weighted by Crippen LogP contribution is 2.40. The summed E-state index contributed by atoms with van der Waals surface area (Å²) in [4.78, 5) is 52.8. The lowest BCUT2D eigenvalue weighted by atomic mass is 9.85. The van der Waals surface area contributed by atoms with E-state index in [1.165, 1.54) is 24.3 Å². The lowest BCUT2D eigenvalue weighted by Crippen LogP contribution is -3.16. The van der Waals surface area contributed by atoms with Crippen LogP contribution in [0, 0.1) is 22.0 Å². The lowest BCUT2D eigenvalue weighted by Gasteiger charge is -2.25. The van der Waals surface area contributed by atoms with Gasteiger partial charge >= 0.3 is 0 Å². The third-order valence-electron chi connectivity index (χ3n) is 6.69. The summed E-state index contributed by atoms with van der Waals surface area (Å²) >= 11 is 0. The van der Waals surface area contributed by atoms with Crippen LogP contribution in [0.5, 0.6) is 0 Å². The third-order valence-corrected chi connectivity index (χ3v) is 6.69. The topological polar surface area (TPSA) is 102 Å². The number of nitro benzene ring substituents is 1. The second-order valence-electron chi connectivity index (χ2n) is 8.12. The van der Waals surface area contributed by atoms with Gasteiger partial charge in [-0.15, -0.1) is 0 Å². The van der Waals surface area contributed by atoms with E-state index in [2.05, 4.69) is 0 Å². The number of nitrogens with zero attached hydrogens (tertiary/aromatic N) is 2. The molecule has 0 aliphatic carbocycles. The average Bonchev–Trinajstić information content (AvgIpc) is 3.40. The predicted molar refractivity (Wildman–Crippen MR) is 106 cm³/mol. The van der Waals surface area contributed by atoms with Crippen LogP contribution < -0.4 is 9.80 Å². The second-order valence-corrected chi connectivity index (χ2v) is 8.12. The third kappa shape index (κ3) is 2.60. The molecule has 5 rings (SSSR count). The number of non-ortho nitro benzene ring substituents is 1. The normalized spacial score (nSPS) is 29.7. The molecule has 2 aromatic carbocycles. The Kier molecular flexibility index (Phi) is 4.25. The number of quaternary nitrogens is 1. The Balaban J connectivity index is 1.55. The fourth-order valence-corrected chi connectivity index (χ4v) is 5.52. The summed E-state index contributed by atoms with van der Waals surface area (Å²) in [6.07, 6.45) is 1.69. The van der Waals surface area contributed by atoms with Gasteiger partial charge in [0, 0.05) is 30.5 Å². The standard InChI is InChI=1S/C22H19N3O5/c26-20(13-6-2-1-3-7-13)19-18-17(16-10-5-11-23(16)19)21(27)24(22(18)28)14-8-4-9-15(12-14)25(29)30/h1-4,6-9,12,16-19H,5,10-11H2/p+1/t16-,17-,18-,19+/m1/s1. The van der Waals surface area contributed by atoms with E-state index >= 15 is 0 Å². The lowest BCUT2D eigenvalue weighted by molar-refractivity contribution is -0.915. The van der Waals surface area contributed by atoms with Gasteiger partial charge in [-0.2, -0.15) is 0 Å². The predicted octanol–water partition coefficient (Wildman–Crippen LogP) is 1.01. The Bertz CT molecular complexity index is 1070. The van der Waals surface area contributed by atoms with E-state index in [4.69, 9.17) is 0 Å². The molecule has 8 heteroatoms. The number of imide groups is 1. The molecule has 3 fully saturated rings. The minimum Gasteiger partial charge on any atom is -0.322 e. The Morgan fingerprint density at radius 3 is 2.50 bits per heavy atom. The van der Waals surface area contributed by atoms with E-state index in [-0.39, 0.29) is 29.1 Å². The van der Waals surface area contributed by atoms with Crippen LogP contribution in [0.1, 0.15) is 23.2 Å². The van der Waals surface area contributed by atoms with Crippen molar-refractivity contribution in [1.29, 1.82) is 0 Å². The van der Waals surface area contributed by atoms with Gasteiger partial charge < -0.3 is 4.90 Å². The molecule has 3 saturated heterocycles. The number of Topliss-reactive ketones (excluding diaryl/α,β-unsaturated/α-hetero) is 1. The summed E-state index contributed by atoms with van der Waals surface area (Å²) < 4.78 is 0. The number of anilines is 1. The van der Waals surface area contributed by atoms with Crippen LogP contribution in [0.15, 0.2) is 54.6 Å². The number of amides is 2. The number of hydrogen-bond acceptors (Lipinski definition) is 5. The fourth-order valence-electron chi connectivity index (χ4n) is 5.52. The maximum Gasteiger partial charge on any atom is 0.271 e. The number of rotatable bonds is 4. The van der Waals surface area contributed by atoms with Crippen molar-refractivity contribution in [3.63, 3.8) is 0 Å². The molecule has 2 amide bonds. The SMILES string of the molecule is O=C(c1ccccc1)[C@@H]1[C@@H]2C(=O)N(c3cccc([N+](=O)[O-])c3)C(=O)[C@@H]2[C@H]2CCC[NH+]21. The number of benzene rings is 2. The molecular formula is C22H20N3O5+. The highest BCUT2D eigenvalue weighted by Gasteiger charge is 2.68. The summed E-state index contributed by atoms with van der Waals surface area (Å²) in [5.74, 6) is -2.19.